The standard InChI is InChI=1S/C13H15ClN2O2S/c14-11-3-1-10(19-11)2-4-12(17)16-7-5-9(6-8-16)13(15)18/h1-4,9H,5-8H2,(H2,15,18). The highest BCUT2D eigenvalue weighted by Gasteiger charge is 2.24. The molecule has 4 nitrogen and oxygen atoms in total. The van der Waals surface area contributed by atoms with Gasteiger partial charge in [0.25, 0.3) is 0 Å². The Labute approximate surface area is 120 Å². The predicted octanol–water partition coefficient (Wildman–Crippen LogP) is 2.14. The Morgan fingerprint density at radius 2 is 2.05 bits per heavy atom. The summed E-state index contributed by atoms with van der Waals surface area (Å²) in [6.45, 7) is 1.17. The SMILES string of the molecule is NC(=O)C1CCN(C(=O)C=Cc2ccc(Cl)s2)CC1. The predicted molar refractivity (Wildman–Crippen MR) is 76.9 cm³/mol. The van der Waals surface area contributed by atoms with Crippen molar-refractivity contribution in [2.45, 2.75) is 12.8 Å². The lowest BCUT2D eigenvalue weighted by atomic mass is 9.96. The molecule has 2 heterocycles. The van der Waals surface area contributed by atoms with Gasteiger partial charge in [-0.3, -0.25) is 9.59 Å². The Balaban J connectivity index is 1.88. The Morgan fingerprint density at radius 1 is 1.37 bits per heavy atom. The first-order valence-corrected chi connectivity index (χ1v) is 7.27. The van der Waals surface area contributed by atoms with E-state index in [4.69, 9.17) is 17.3 Å². The molecule has 1 aliphatic heterocycles. The van der Waals surface area contributed by atoms with E-state index in [1.165, 1.54) is 11.3 Å². The highest BCUT2D eigenvalue weighted by atomic mass is 35.5. The molecule has 2 rings (SSSR count). The number of piperidine rings is 1. The van der Waals surface area contributed by atoms with Crippen molar-refractivity contribution in [2.24, 2.45) is 11.7 Å². The van der Waals surface area contributed by atoms with Crippen molar-refractivity contribution in [3.63, 3.8) is 0 Å². The average Bonchev–Trinajstić information content (AvgIpc) is 2.82. The molecule has 1 saturated heterocycles. The van der Waals surface area contributed by atoms with E-state index in [9.17, 15) is 9.59 Å². The van der Waals surface area contributed by atoms with Crippen molar-refractivity contribution in [1.82, 2.24) is 4.90 Å². The third-order valence-electron chi connectivity index (χ3n) is 3.19. The van der Waals surface area contributed by atoms with Crippen molar-refractivity contribution in [3.05, 3.63) is 27.4 Å². The van der Waals surface area contributed by atoms with Gasteiger partial charge in [0.2, 0.25) is 11.8 Å². The van der Waals surface area contributed by atoms with Crippen LogP contribution in [0.5, 0.6) is 0 Å². The van der Waals surface area contributed by atoms with Crippen molar-refractivity contribution in [1.29, 1.82) is 0 Å². The van der Waals surface area contributed by atoms with Crippen LogP contribution in [0.3, 0.4) is 0 Å². The van der Waals surface area contributed by atoms with Gasteiger partial charge >= 0.3 is 0 Å². The van der Waals surface area contributed by atoms with Gasteiger partial charge in [0.1, 0.15) is 0 Å². The Morgan fingerprint density at radius 3 is 2.58 bits per heavy atom. The minimum Gasteiger partial charge on any atom is -0.369 e. The van der Waals surface area contributed by atoms with E-state index >= 15 is 0 Å². The van der Waals surface area contributed by atoms with Gasteiger partial charge in [-0.05, 0) is 31.1 Å². The molecule has 0 radical (unpaired) electrons. The zero-order valence-corrected chi connectivity index (χ0v) is 11.9. The Kier molecular flexibility index (Phi) is 4.61. The van der Waals surface area contributed by atoms with Gasteiger partial charge in [0.05, 0.1) is 4.34 Å². The van der Waals surface area contributed by atoms with Gasteiger partial charge in [-0.1, -0.05) is 11.6 Å². The van der Waals surface area contributed by atoms with Gasteiger partial charge in [-0.15, -0.1) is 11.3 Å². The molecule has 0 aliphatic carbocycles. The molecular formula is C13H15ClN2O2S. The number of thiophene rings is 1. The number of hydrogen-bond acceptors (Lipinski definition) is 3. The summed E-state index contributed by atoms with van der Waals surface area (Å²) in [6.07, 6.45) is 4.62. The Bertz CT molecular complexity index is 504. The highest BCUT2D eigenvalue weighted by Crippen LogP contribution is 2.23. The third kappa shape index (κ3) is 3.81. The number of nitrogens with two attached hydrogens (primary N) is 1. The van der Waals surface area contributed by atoms with Crippen molar-refractivity contribution in [2.75, 3.05) is 13.1 Å². The molecule has 0 atom stereocenters. The third-order valence-corrected chi connectivity index (χ3v) is 4.39. The zero-order valence-electron chi connectivity index (χ0n) is 10.3. The van der Waals surface area contributed by atoms with Crippen LogP contribution >= 0.6 is 22.9 Å². The van der Waals surface area contributed by atoms with Crippen LogP contribution in [-0.2, 0) is 9.59 Å². The van der Waals surface area contributed by atoms with Crippen LogP contribution in [0, 0.1) is 5.92 Å². The molecule has 0 saturated carbocycles. The van der Waals surface area contributed by atoms with Crippen LogP contribution in [-0.4, -0.2) is 29.8 Å². The lowest BCUT2D eigenvalue weighted by molar-refractivity contribution is -0.130. The number of carbonyl (C=O) groups excluding carboxylic acids is 2. The summed E-state index contributed by atoms with van der Waals surface area (Å²) >= 11 is 7.24. The molecule has 0 aromatic carbocycles. The molecule has 0 spiro atoms. The van der Waals surface area contributed by atoms with Gasteiger partial charge in [0, 0.05) is 30.0 Å². The number of nitrogens with zero attached hydrogens (tertiary/aromatic N) is 1. The van der Waals surface area contributed by atoms with E-state index in [2.05, 4.69) is 0 Å². The van der Waals surface area contributed by atoms with Crippen LogP contribution in [0.4, 0.5) is 0 Å². The molecule has 6 heteroatoms. The fraction of sp³-hybridized carbons (Fsp3) is 0.385. The largest absolute Gasteiger partial charge is 0.369 e. The second kappa shape index (κ2) is 6.21. The highest BCUT2D eigenvalue weighted by molar-refractivity contribution is 7.17. The quantitative estimate of drug-likeness (QED) is 0.869. The van der Waals surface area contributed by atoms with E-state index in [0.717, 1.165) is 4.88 Å². The monoisotopic (exact) mass is 298 g/mol. The maximum atomic E-state index is 11.9. The molecule has 1 aromatic rings. The van der Waals surface area contributed by atoms with Crippen LogP contribution in [0.2, 0.25) is 4.34 Å². The molecular weight excluding hydrogens is 284 g/mol. The fourth-order valence-electron chi connectivity index (χ4n) is 2.06. The van der Waals surface area contributed by atoms with Crippen LogP contribution < -0.4 is 5.73 Å². The summed E-state index contributed by atoms with van der Waals surface area (Å²) in [5, 5.41) is 0. The molecule has 0 bridgehead atoms. The van der Waals surface area contributed by atoms with Crippen molar-refractivity contribution in [3.8, 4) is 0 Å². The van der Waals surface area contributed by atoms with Crippen LogP contribution in [0.15, 0.2) is 18.2 Å². The summed E-state index contributed by atoms with van der Waals surface area (Å²) in [5.41, 5.74) is 5.26. The van der Waals surface area contributed by atoms with E-state index in [1.807, 2.05) is 6.07 Å². The van der Waals surface area contributed by atoms with Crippen LogP contribution in [0.1, 0.15) is 17.7 Å². The summed E-state index contributed by atoms with van der Waals surface area (Å²) in [5.74, 6) is -0.396. The number of carbonyl (C=O) groups is 2. The van der Waals surface area contributed by atoms with Gasteiger partial charge in [0.15, 0.2) is 0 Å². The minimum absolute atomic E-state index is 0.0348. The lowest BCUT2D eigenvalue weighted by Gasteiger charge is -2.29. The molecule has 1 fully saturated rings. The number of primary amides is 1. The average molecular weight is 299 g/mol. The van der Waals surface area contributed by atoms with Crippen molar-refractivity contribution >= 4 is 40.8 Å². The van der Waals surface area contributed by atoms with E-state index in [1.54, 1.807) is 23.1 Å². The minimum atomic E-state index is -0.268. The maximum Gasteiger partial charge on any atom is 0.246 e. The van der Waals surface area contributed by atoms with Gasteiger partial charge in [-0.25, -0.2) is 0 Å². The number of halogens is 1. The lowest BCUT2D eigenvalue weighted by Crippen LogP contribution is -2.41. The van der Waals surface area contributed by atoms with Gasteiger partial charge in [-0.2, -0.15) is 0 Å². The molecule has 1 aromatic heterocycles. The number of likely N-dealkylation sites (tertiary alicyclic amines) is 1. The first-order chi connectivity index (χ1) is 9.06. The first-order valence-electron chi connectivity index (χ1n) is 6.08. The normalized spacial score (nSPS) is 17.0. The number of rotatable bonds is 3. The molecule has 2 N–H and O–H groups in total. The fourth-order valence-corrected chi connectivity index (χ4v) is 3.02. The molecule has 102 valence electrons. The summed E-state index contributed by atoms with van der Waals surface area (Å²) in [7, 11) is 0. The maximum absolute atomic E-state index is 11.9. The number of hydrogen-bond donors (Lipinski definition) is 1. The Hall–Kier alpha value is -1.33. The van der Waals surface area contributed by atoms with E-state index in [-0.39, 0.29) is 17.7 Å². The molecule has 1 aliphatic rings. The topological polar surface area (TPSA) is 63.4 Å². The summed E-state index contributed by atoms with van der Waals surface area (Å²) < 4.78 is 0.703. The molecule has 0 unspecified atom stereocenters. The van der Waals surface area contributed by atoms with Gasteiger partial charge < -0.3 is 10.6 Å². The second-order valence-corrected chi connectivity index (χ2v) is 6.22. The van der Waals surface area contributed by atoms with Crippen molar-refractivity contribution < 1.29 is 9.59 Å². The molecule has 2 amide bonds. The summed E-state index contributed by atoms with van der Waals surface area (Å²) in [6, 6.07) is 3.67. The summed E-state index contributed by atoms with van der Waals surface area (Å²) in [4.78, 5) is 25.7. The van der Waals surface area contributed by atoms with Crippen LogP contribution in [0.25, 0.3) is 6.08 Å². The smallest absolute Gasteiger partial charge is 0.246 e. The first kappa shape index (κ1) is 14.1. The second-order valence-electron chi connectivity index (χ2n) is 4.48. The van der Waals surface area contributed by atoms with E-state index < -0.39 is 0 Å². The number of amides is 2. The van der Waals surface area contributed by atoms with E-state index in [0.29, 0.717) is 30.3 Å². The zero-order chi connectivity index (χ0) is 13.8. The molecule has 19 heavy (non-hydrogen) atoms.